The van der Waals surface area contributed by atoms with Crippen LogP contribution >= 0.6 is 0 Å². The minimum absolute atomic E-state index is 1.11. The van der Waals surface area contributed by atoms with Crippen molar-refractivity contribution in [3.8, 4) is 0 Å². The highest BCUT2D eigenvalue weighted by Gasteiger charge is 2.15. The summed E-state index contributed by atoms with van der Waals surface area (Å²) in [5, 5.41) is 0. The van der Waals surface area contributed by atoms with Gasteiger partial charge in [0.05, 0.1) is 13.3 Å². The Bertz CT molecular complexity index is 264. The summed E-state index contributed by atoms with van der Waals surface area (Å²) in [7, 11) is 0. The van der Waals surface area contributed by atoms with Gasteiger partial charge in [0.15, 0.2) is 0 Å². The van der Waals surface area contributed by atoms with Gasteiger partial charge in [-0.25, -0.2) is 0 Å². The maximum Gasteiger partial charge on any atom is 0.0509 e. The molecule has 0 amide bonds. The Morgan fingerprint density at radius 2 is 1.05 bits per heavy atom. The lowest BCUT2D eigenvalue weighted by Gasteiger charge is -2.35. The Kier molecular flexibility index (Phi) is 7.00. The van der Waals surface area contributed by atoms with E-state index in [1.807, 2.05) is 0 Å². The average Bonchev–Trinajstić information content (AvgIpc) is 2.52. The molecular weight excluding hydrogens is 248 g/mol. The maximum absolute atomic E-state index is 2.55. The van der Waals surface area contributed by atoms with Gasteiger partial charge in [-0.1, -0.05) is 26.0 Å². The lowest BCUT2D eigenvalue weighted by atomic mass is 10.2. The highest BCUT2D eigenvalue weighted by molar-refractivity contribution is 4.89. The van der Waals surface area contributed by atoms with Crippen molar-refractivity contribution in [3.05, 3.63) is 12.2 Å². The molecule has 0 aromatic carbocycles. The summed E-state index contributed by atoms with van der Waals surface area (Å²) in [5.41, 5.74) is 0. The first-order valence-electron chi connectivity index (χ1n) is 8.36. The van der Waals surface area contributed by atoms with Crippen LogP contribution in [0.5, 0.6) is 0 Å². The van der Waals surface area contributed by atoms with Gasteiger partial charge in [-0.2, -0.15) is 0 Å². The topological polar surface area (TPSA) is 13.0 Å². The summed E-state index contributed by atoms with van der Waals surface area (Å²) >= 11 is 0. The summed E-state index contributed by atoms with van der Waals surface area (Å²) in [4.78, 5) is 10.2. The third-order valence-electron chi connectivity index (χ3n) is 4.49. The molecule has 20 heavy (non-hydrogen) atoms. The molecule has 2 saturated heterocycles. The van der Waals surface area contributed by atoms with E-state index in [1.165, 1.54) is 52.1 Å². The van der Waals surface area contributed by atoms with Crippen molar-refractivity contribution in [3.63, 3.8) is 0 Å². The second kappa shape index (κ2) is 8.78. The molecule has 0 radical (unpaired) electrons. The minimum Gasteiger partial charge on any atom is -0.291 e. The monoisotopic (exact) mass is 280 g/mol. The fourth-order valence-electron chi connectivity index (χ4n) is 3.15. The van der Waals surface area contributed by atoms with E-state index in [0.717, 1.165) is 26.4 Å². The highest BCUT2D eigenvalue weighted by Crippen LogP contribution is 2.06. The molecular formula is C16H32N4. The molecule has 2 heterocycles. The Hall–Kier alpha value is -0.420. The summed E-state index contributed by atoms with van der Waals surface area (Å²) in [5.74, 6) is 0. The predicted molar refractivity (Wildman–Crippen MR) is 85.7 cm³/mol. The third kappa shape index (κ3) is 5.17. The number of hydrogen-bond acceptors (Lipinski definition) is 4. The van der Waals surface area contributed by atoms with E-state index in [9.17, 15) is 0 Å². The maximum atomic E-state index is 2.55. The van der Waals surface area contributed by atoms with E-state index >= 15 is 0 Å². The van der Waals surface area contributed by atoms with E-state index in [1.54, 1.807) is 0 Å². The quantitative estimate of drug-likeness (QED) is 0.684. The van der Waals surface area contributed by atoms with Crippen LogP contribution in [-0.4, -0.2) is 85.3 Å². The van der Waals surface area contributed by atoms with Crippen molar-refractivity contribution in [1.82, 2.24) is 19.6 Å². The lowest BCUT2D eigenvalue weighted by molar-refractivity contribution is 0.0977. The van der Waals surface area contributed by atoms with Crippen LogP contribution in [0.15, 0.2) is 12.2 Å². The normalized spacial score (nSPS) is 24.7. The van der Waals surface area contributed by atoms with Crippen molar-refractivity contribution in [2.24, 2.45) is 0 Å². The molecule has 0 aliphatic carbocycles. The van der Waals surface area contributed by atoms with Crippen molar-refractivity contribution in [2.75, 3.05) is 65.7 Å². The van der Waals surface area contributed by atoms with E-state index in [0.29, 0.717) is 0 Å². The summed E-state index contributed by atoms with van der Waals surface area (Å²) in [6.45, 7) is 16.5. The van der Waals surface area contributed by atoms with Crippen molar-refractivity contribution in [2.45, 2.75) is 26.7 Å². The van der Waals surface area contributed by atoms with Gasteiger partial charge in [-0.15, -0.1) is 0 Å². The van der Waals surface area contributed by atoms with Crippen LogP contribution in [0, 0.1) is 0 Å². The fraction of sp³-hybridized carbons (Fsp3) is 0.875. The zero-order valence-corrected chi connectivity index (χ0v) is 13.4. The number of nitrogens with zero attached hydrogens (tertiary/aromatic N) is 4. The van der Waals surface area contributed by atoms with Crippen molar-refractivity contribution in [1.29, 1.82) is 0 Å². The second-order valence-corrected chi connectivity index (χ2v) is 6.04. The standard InChI is InChI=1S/C16H32N4/c1-3-17-11-7-13-19(15-17)9-5-6-10-20-14-8-12-18(4-2)16-20/h5-6H,3-4,7-16H2,1-2H3/b6-5+. The molecule has 4 nitrogen and oxygen atoms in total. The number of hydrogen-bond donors (Lipinski definition) is 0. The molecule has 4 heteroatoms. The first kappa shape index (κ1) is 16.0. The first-order valence-corrected chi connectivity index (χ1v) is 8.36. The molecule has 2 fully saturated rings. The summed E-state index contributed by atoms with van der Waals surface area (Å²) in [6, 6.07) is 0. The molecule has 0 saturated carbocycles. The molecule has 2 rings (SSSR count). The van der Waals surface area contributed by atoms with Gasteiger partial charge >= 0.3 is 0 Å². The zero-order valence-electron chi connectivity index (χ0n) is 13.4. The molecule has 116 valence electrons. The van der Waals surface area contributed by atoms with Crippen LogP contribution in [-0.2, 0) is 0 Å². The van der Waals surface area contributed by atoms with Crippen LogP contribution in [0.2, 0.25) is 0 Å². The van der Waals surface area contributed by atoms with Gasteiger partial charge in [0, 0.05) is 39.3 Å². The van der Waals surface area contributed by atoms with Gasteiger partial charge in [-0.05, 0) is 25.9 Å². The van der Waals surface area contributed by atoms with Crippen LogP contribution in [0.1, 0.15) is 26.7 Å². The van der Waals surface area contributed by atoms with Gasteiger partial charge in [0.1, 0.15) is 0 Å². The fourth-order valence-corrected chi connectivity index (χ4v) is 3.15. The van der Waals surface area contributed by atoms with E-state index in [4.69, 9.17) is 0 Å². The Balaban J connectivity index is 1.63. The van der Waals surface area contributed by atoms with E-state index < -0.39 is 0 Å². The molecule has 2 aliphatic rings. The van der Waals surface area contributed by atoms with Gasteiger partial charge in [0.2, 0.25) is 0 Å². The lowest BCUT2D eigenvalue weighted by Crippen LogP contribution is -2.45. The summed E-state index contributed by atoms with van der Waals surface area (Å²) in [6.07, 6.45) is 7.37. The molecule has 0 N–H and O–H groups in total. The van der Waals surface area contributed by atoms with Gasteiger partial charge < -0.3 is 0 Å². The van der Waals surface area contributed by atoms with Crippen LogP contribution in [0.25, 0.3) is 0 Å². The Morgan fingerprint density at radius 3 is 1.45 bits per heavy atom. The van der Waals surface area contributed by atoms with Crippen LogP contribution in [0.4, 0.5) is 0 Å². The molecule has 0 spiro atoms. The minimum atomic E-state index is 1.11. The molecule has 2 aliphatic heterocycles. The molecule has 0 aromatic rings. The molecule has 0 atom stereocenters. The van der Waals surface area contributed by atoms with E-state index in [-0.39, 0.29) is 0 Å². The smallest absolute Gasteiger partial charge is 0.0509 e. The van der Waals surface area contributed by atoms with E-state index in [2.05, 4.69) is 45.6 Å². The summed E-state index contributed by atoms with van der Waals surface area (Å²) < 4.78 is 0. The predicted octanol–water partition coefficient (Wildman–Crippen LogP) is 1.51. The molecule has 0 bridgehead atoms. The second-order valence-electron chi connectivity index (χ2n) is 6.04. The SMILES string of the molecule is CCN1CCCN(C/C=C/CN2CCCN(CC)C2)C1. The largest absolute Gasteiger partial charge is 0.291 e. The Labute approximate surface area is 125 Å². The molecule has 0 aromatic heterocycles. The third-order valence-corrected chi connectivity index (χ3v) is 4.49. The van der Waals surface area contributed by atoms with Crippen LogP contribution in [0.3, 0.4) is 0 Å². The Morgan fingerprint density at radius 1 is 0.650 bits per heavy atom. The number of rotatable bonds is 6. The zero-order chi connectivity index (χ0) is 14.2. The van der Waals surface area contributed by atoms with Gasteiger partial charge in [0.25, 0.3) is 0 Å². The van der Waals surface area contributed by atoms with Crippen molar-refractivity contribution >= 4 is 0 Å². The van der Waals surface area contributed by atoms with Gasteiger partial charge in [-0.3, -0.25) is 19.6 Å². The first-order chi connectivity index (χ1) is 9.81. The average molecular weight is 280 g/mol. The molecule has 0 unspecified atom stereocenters. The van der Waals surface area contributed by atoms with Crippen molar-refractivity contribution < 1.29 is 0 Å². The highest BCUT2D eigenvalue weighted by atomic mass is 15.3. The van der Waals surface area contributed by atoms with Crippen LogP contribution < -0.4 is 0 Å².